The fourth-order valence-corrected chi connectivity index (χ4v) is 2.64. The molecule has 1 aromatic heterocycles. The fraction of sp³-hybridized carbons (Fsp3) is 0.308. The highest BCUT2D eigenvalue weighted by Gasteiger charge is 2.21. The lowest BCUT2D eigenvalue weighted by Crippen LogP contribution is -2.31. The van der Waals surface area contributed by atoms with Crippen molar-refractivity contribution in [2.75, 3.05) is 0 Å². The van der Waals surface area contributed by atoms with Crippen molar-refractivity contribution in [2.24, 2.45) is 12.9 Å². The van der Waals surface area contributed by atoms with Gasteiger partial charge in [-0.1, -0.05) is 12.1 Å². The van der Waals surface area contributed by atoms with Crippen LogP contribution in [0.2, 0.25) is 0 Å². The number of halogens is 3. The van der Waals surface area contributed by atoms with Gasteiger partial charge < -0.3 is 0 Å². The van der Waals surface area contributed by atoms with E-state index in [0.29, 0.717) is 6.42 Å². The lowest BCUT2D eigenvalue weighted by Gasteiger charge is -2.17. The van der Waals surface area contributed by atoms with E-state index in [4.69, 9.17) is 5.84 Å². The Morgan fingerprint density at radius 1 is 1.45 bits per heavy atom. The summed E-state index contributed by atoms with van der Waals surface area (Å²) in [5, 5.41) is 4.26. The van der Waals surface area contributed by atoms with Gasteiger partial charge in [-0.05, 0) is 28.9 Å². The molecule has 3 N–H and O–H groups in total. The maximum Gasteiger partial charge on any atom is 0.163 e. The smallest absolute Gasteiger partial charge is 0.163 e. The first-order valence-corrected chi connectivity index (χ1v) is 6.83. The van der Waals surface area contributed by atoms with Gasteiger partial charge in [0, 0.05) is 19.0 Å². The second-order valence-corrected chi connectivity index (χ2v) is 5.33. The standard InChI is InChI=1S/C13H15BrF2N4/c1-7-12(14)11(20(2)19-7)6-10(18-17)8-4-3-5-9(15)13(8)16/h3-5,10,18H,6,17H2,1-2H3. The Morgan fingerprint density at radius 3 is 2.70 bits per heavy atom. The van der Waals surface area contributed by atoms with E-state index in [1.54, 1.807) is 11.7 Å². The number of rotatable bonds is 4. The molecule has 1 heterocycles. The Balaban J connectivity index is 2.36. The molecule has 0 saturated heterocycles. The second-order valence-electron chi connectivity index (χ2n) is 4.54. The van der Waals surface area contributed by atoms with Crippen molar-refractivity contribution in [3.63, 3.8) is 0 Å². The first-order chi connectivity index (χ1) is 9.45. The molecule has 2 aromatic rings. The van der Waals surface area contributed by atoms with Crippen molar-refractivity contribution >= 4 is 15.9 Å². The van der Waals surface area contributed by atoms with Crippen LogP contribution in [0.15, 0.2) is 22.7 Å². The number of aryl methyl sites for hydroxylation is 2. The Morgan fingerprint density at radius 2 is 2.15 bits per heavy atom. The number of hydrogen-bond donors (Lipinski definition) is 2. The van der Waals surface area contributed by atoms with Gasteiger partial charge in [0.25, 0.3) is 0 Å². The van der Waals surface area contributed by atoms with Crippen LogP contribution in [0.25, 0.3) is 0 Å². The Labute approximate surface area is 124 Å². The molecule has 1 unspecified atom stereocenters. The summed E-state index contributed by atoms with van der Waals surface area (Å²) in [5.41, 5.74) is 4.41. The zero-order chi connectivity index (χ0) is 14.9. The summed E-state index contributed by atoms with van der Waals surface area (Å²) in [5.74, 6) is 3.72. The Hall–Kier alpha value is -1.31. The van der Waals surface area contributed by atoms with E-state index >= 15 is 0 Å². The minimum atomic E-state index is -0.886. The van der Waals surface area contributed by atoms with Crippen LogP contribution in [0.3, 0.4) is 0 Å². The monoisotopic (exact) mass is 344 g/mol. The molecule has 20 heavy (non-hydrogen) atoms. The van der Waals surface area contributed by atoms with Gasteiger partial charge in [-0.15, -0.1) is 0 Å². The molecule has 1 atom stereocenters. The highest BCUT2D eigenvalue weighted by molar-refractivity contribution is 9.10. The molecule has 0 amide bonds. The van der Waals surface area contributed by atoms with E-state index in [1.807, 2.05) is 6.92 Å². The summed E-state index contributed by atoms with van der Waals surface area (Å²) in [7, 11) is 1.79. The molecule has 0 spiro atoms. The van der Waals surface area contributed by atoms with Gasteiger partial charge in [0.2, 0.25) is 0 Å². The molecule has 0 fully saturated rings. The second kappa shape index (κ2) is 5.99. The number of benzene rings is 1. The number of nitrogens with one attached hydrogen (secondary N) is 1. The SMILES string of the molecule is Cc1nn(C)c(CC(NN)c2cccc(F)c2F)c1Br. The molecule has 1 aromatic carbocycles. The van der Waals surface area contributed by atoms with Gasteiger partial charge in [0.1, 0.15) is 0 Å². The first-order valence-electron chi connectivity index (χ1n) is 6.03. The maximum absolute atomic E-state index is 13.8. The third-order valence-electron chi connectivity index (χ3n) is 3.22. The maximum atomic E-state index is 13.8. The van der Waals surface area contributed by atoms with Crippen LogP contribution in [0.1, 0.15) is 23.0 Å². The summed E-state index contributed by atoms with van der Waals surface area (Å²) in [6.45, 7) is 1.86. The van der Waals surface area contributed by atoms with Gasteiger partial charge >= 0.3 is 0 Å². The molecule has 7 heteroatoms. The molecule has 0 aliphatic heterocycles. The molecule has 4 nitrogen and oxygen atoms in total. The number of nitrogens with zero attached hydrogens (tertiary/aromatic N) is 2. The van der Waals surface area contributed by atoms with Crippen molar-refractivity contribution in [3.05, 3.63) is 51.3 Å². The predicted molar refractivity (Wildman–Crippen MR) is 75.8 cm³/mol. The van der Waals surface area contributed by atoms with Crippen LogP contribution in [0.4, 0.5) is 8.78 Å². The van der Waals surface area contributed by atoms with Crippen LogP contribution in [-0.2, 0) is 13.5 Å². The number of aromatic nitrogens is 2. The summed E-state index contributed by atoms with van der Waals surface area (Å²) in [6, 6.07) is 3.51. The van der Waals surface area contributed by atoms with Crippen molar-refractivity contribution < 1.29 is 8.78 Å². The summed E-state index contributed by atoms with van der Waals surface area (Å²) >= 11 is 3.44. The Bertz CT molecular complexity index is 627. The molecular formula is C13H15BrF2N4. The van der Waals surface area contributed by atoms with Gasteiger partial charge in [0.05, 0.1) is 21.9 Å². The highest BCUT2D eigenvalue weighted by atomic mass is 79.9. The number of hydrogen-bond acceptors (Lipinski definition) is 3. The van der Waals surface area contributed by atoms with E-state index in [0.717, 1.165) is 21.9 Å². The molecular weight excluding hydrogens is 330 g/mol. The molecule has 0 aliphatic carbocycles. The van der Waals surface area contributed by atoms with Crippen LogP contribution in [0.5, 0.6) is 0 Å². The van der Waals surface area contributed by atoms with E-state index in [-0.39, 0.29) is 5.56 Å². The van der Waals surface area contributed by atoms with E-state index in [1.165, 1.54) is 12.1 Å². The normalized spacial score (nSPS) is 12.7. The van der Waals surface area contributed by atoms with Crippen LogP contribution >= 0.6 is 15.9 Å². The molecule has 0 aliphatic rings. The summed E-state index contributed by atoms with van der Waals surface area (Å²) in [6.07, 6.45) is 0.384. The number of nitrogens with two attached hydrogens (primary N) is 1. The number of hydrazine groups is 1. The third kappa shape index (κ3) is 2.74. The van der Waals surface area contributed by atoms with Crippen molar-refractivity contribution in [2.45, 2.75) is 19.4 Å². The van der Waals surface area contributed by atoms with Gasteiger partial charge in [0.15, 0.2) is 11.6 Å². The topological polar surface area (TPSA) is 55.9 Å². The lowest BCUT2D eigenvalue weighted by molar-refractivity contribution is 0.459. The van der Waals surface area contributed by atoms with Crippen molar-refractivity contribution in [1.29, 1.82) is 0 Å². The molecule has 108 valence electrons. The van der Waals surface area contributed by atoms with Crippen molar-refractivity contribution in [1.82, 2.24) is 15.2 Å². The molecule has 0 radical (unpaired) electrons. The van der Waals surface area contributed by atoms with Gasteiger partial charge in [-0.3, -0.25) is 16.0 Å². The Kier molecular flexibility index (Phi) is 4.52. The quantitative estimate of drug-likeness (QED) is 0.661. The average molecular weight is 345 g/mol. The predicted octanol–water partition coefficient (Wildman–Crippen LogP) is 2.52. The zero-order valence-electron chi connectivity index (χ0n) is 11.1. The van der Waals surface area contributed by atoms with Gasteiger partial charge in [-0.25, -0.2) is 8.78 Å². The largest absolute Gasteiger partial charge is 0.271 e. The lowest BCUT2D eigenvalue weighted by atomic mass is 10.0. The summed E-state index contributed by atoms with van der Waals surface area (Å²) < 4.78 is 29.7. The fourth-order valence-electron chi connectivity index (χ4n) is 2.14. The van der Waals surface area contributed by atoms with E-state index in [9.17, 15) is 8.78 Å². The summed E-state index contributed by atoms with van der Waals surface area (Å²) in [4.78, 5) is 0. The molecule has 2 rings (SSSR count). The highest BCUT2D eigenvalue weighted by Crippen LogP contribution is 2.27. The first kappa shape index (κ1) is 15.1. The average Bonchev–Trinajstić information content (AvgIpc) is 2.65. The minimum Gasteiger partial charge on any atom is -0.271 e. The molecule has 0 bridgehead atoms. The third-order valence-corrected chi connectivity index (χ3v) is 4.25. The van der Waals surface area contributed by atoms with Crippen LogP contribution in [0, 0.1) is 18.6 Å². The van der Waals surface area contributed by atoms with Crippen LogP contribution < -0.4 is 11.3 Å². The van der Waals surface area contributed by atoms with Crippen LogP contribution in [-0.4, -0.2) is 9.78 Å². The molecule has 0 saturated carbocycles. The zero-order valence-corrected chi connectivity index (χ0v) is 12.7. The van der Waals surface area contributed by atoms with Crippen molar-refractivity contribution in [3.8, 4) is 0 Å². The van der Waals surface area contributed by atoms with E-state index < -0.39 is 17.7 Å². The van der Waals surface area contributed by atoms with Gasteiger partial charge in [-0.2, -0.15) is 5.10 Å². The minimum absolute atomic E-state index is 0.193. The van der Waals surface area contributed by atoms with E-state index in [2.05, 4.69) is 26.5 Å².